The minimum absolute atomic E-state index is 0.516. The lowest BCUT2D eigenvalue weighted by Crippen LogP contribution is -2.39. The summed E-state index contributed by atoms with van der Waals surface area (Å²) in [6.07, 6.45) is 2.42. The highest BCUT2D eigenvalue weighted by Crippen LogP contribution is 2.23. The van der Waals surface area contributed by atoms with Crippen molar-refractivity contribution in [2.24, 2.45) is 12.0 Å². The number of aryl methyl sites for hydroxylation is 1. The maximum absolute atomic E-state index is 6.01. The van der Waals surface area contributed by atoms with E-state index in [9.17, 15) is 0 Å². The van der Waals surface area contributed by atoms with Gasteiger partial charge in [-0.2, -0.15) is 0 Å². The average Bonchev–Trinajstić information content (AvgIpc) is 3.17. The van der Waals surface area contributed by atoms with E-state index < -0.39 is 0 Å². The second kappa shape index (κ2) is 6.88. The van der Waals surface area contributed by atoms with E-state index in [2.05, 4.69) is 26.5 Å². The van der Waals surface area contributed by atoms with E-state index in [1.165, 1.54) is 17.7 Å². The number of nitrogens with zero attached hydrogens (tertiary/aromatic N) is 5. The summed E-state index contributed by atoms with van der Waals surface area (Å²) in [5, 5.41) is 11.8. The Hall–Kier alpha value is -1.60. The van der Waals surface area contributed by atoms with Crippen LogP contribution in [0.25, 0.3) is 0 Å². The number of nitrogens with one attached hydrogen (secondary N) is 1. The molecule has 1 N–H and O–H groups in total. The Labute approximate surface area is 145 Å². The Balaban J connectivity index is 1.70. The van der Waals surface area contributed by atoms with Gasteiger partial charge in [0.1, 0.15) is 12.4 Å². The predicted octanol–water partition coefficient (Wildman–Crippen LogP) is 2.58. The Morgan fingerprint density at radius 1 is 1.48 bits per heavy atom. The quantitative estimate of drug-likeness (QED) is 0.663. The first-order valence-corrected chi connectivity index (χ1v) is 8.83. The molecule has 2 aromatic heterocycles. The van der Waals surface area contributed by atoms with Gasteiger partial charge in [0.25, 0.3) is 0 Å². The number of hydrogen-bond acceptors (Lipinski definition) is 4. The predicted molar refractivity (Wildman–Crippen MR) is 93.8 cm³/mol. The van der Waals surface area contributed by atoms with Gasteiger partial charge >= 0.3 is 0 Å². The summed E-state index contributed by atoms with van der Waals surface area (Å²) in [6.45, 7) is 3.24. The van der Waals surface area contributed by atoms with E-state index >= 15 is 0 Å². The van der Waals surface area contributed by atoms with E-state index in [-0.39, 0.29) is 0 Å². The number of aliphatic imine (C=N–C) groups is 1. The highest BCUT2D eigenvalue weighted by Gasteiger charge is 2.24. The number of guanidine groups is 1. The maximum Gasteiger partial charge on any atom is 0.194 e. The molecule has 0 radical (unpaired) electrons. The van der Waals surface area contributed by atoms with Crippen molar-refractivity contribution in [2.75, 3.05) is 7.05 Å². The summed E-state index contributed by atoms with van der Waals surface area (Å²) in [6, 6.07) is 4.54. The molecule has 23 heavy (non-hydrogen) atoms. The van der Waals surface area contributed by atoms with Gasteiger partial charge in [-0.3, -0.25) is 0 Å². The highest BCUT2D eigenvalue weighted by molar-refractivity contribution is 7.16. The fourth-order valence-electron chi connectivity index (χ4n) is 2.17. The van der Waals surface area contributed by atoms with Crippen LogP contribution in [0.5, 0.6) is 0 Å². The van der Waals surface area contributed by atoms with Gasteiger partial charge in [0.2, 0.25) is 0 Å². The molecule has 0 saturated heterocycles. The van der Waals surface area contributed by atoms with Gasteiger partial charge < -0.3 is 14.8 Å². The Morgan fingerprint density at radius 2 is 2.26 bits per heavy atom. The van der Waals surface area contributed by atoms with Gasteiger partial charge in [0.15, 0.2) is 11.8 Å². The van der Waals surface area contributed by atoms with Crippen molar-refractivity contribution in [2.45, 2.75) is 38.9 Å². The molecule has 2 aromatic rings. The SMILES string of the molecule is Cc1nnc(CN=C(NC2CC2)N(C)Cc2ccc(Cl)s2)n1C. The molecular weight excluding hydrogens is 332 g/mol. The maximum atomic E-state index is 6.01. The summed E-state index contributed by atoms with van der Waals surface area (Å²) in [5.41, 5.74) is 0. The van der Waals surface area contributed by atoms with Gasteiger partial charge in [0, 0.05) is 25.0 Å². The van der Waals surface area contributed by atoms with Crippen LogP contribution in [0, 0.1) is 6.92 Å². The normalized spacial score (nSPS) is 15.0. The molecule has 1 saturated carbocycles. The summed E-state index contributed by atoms with van der Waals surface area (Å²) >= 11 is 7.62. The van der Waals surface area contributed by atoms with Crippen molar-refractivity contribution in [1.82, 2.24) is 25.0 Å². The van der Waals surface area contributed by atoms with Crippen molar-refractivity contribution in [3.63, 3.8) is 0 Å². The topological polar surface area (TPSA) is 58.3 Å². The third kappa shape index (κ3) is 4.23. The molecule has 1 aliphatic rings. The summed E-state index contributed by atoms with van der Waals surface area (Å²) < 4.78 is 2.79. The van der Waals surface area contributed by atoms with Gasteiger partial charge in [-0.25, -0.2) is 4.99 Å². The molecule has 0 atom stereocenters. The molecule has 3 rings (SSSR count). The second-order valence-electron chi connectivity index (χ2n) is 5.84. The van der Waals surface area contributed by atoms with Gasteiger partial charge in [-0.05, 0) is 31.9 Å². The van der Waals surface area contributed by atoms with E-state index in [0.717, 1.165) is 28.5 Å². The van der Waals surface area contributed by atoms with E-state index in [0.29, 0.717) is 12.6 Å². The van der Waals surface area contributed by atoms with Gasteiger partial charge in [-0.1, -0.05) is 11.6 Å². The van der Waals surface area contributed by atoms with Crippen LogP contribution >= 0.6 is 22.9 Å². The zero-order valence-electron chi connectivity index (χ0n) is 13.6. The first-order chi connectivity index (χ1) is 11.0. The van der Waals surface area contributed by atoms with Crippen molar-refractivity contribution in [1.29, 1.82) is 0 Å². The largest absolute Gasteiger partial charge is 0.353 e. The van der Waals surface area contributed by atoms with Crippen LogP contribution in [-0.4, -0.2) is 38.7 Å². The van der Waals surface area contributed by atoms with E-state index in [4.69, 9.17) is 16.6 Å². The lowest BCUT2D eigenvalue weighted by atomic mass is 10.4. The molecule has 0 aromatic carbocycles. The molecule has 1 fully saturated rings. The number of halogens is 1. The monoisotopic (exact) mass is 352 g/mol. The summed E-state index contributed by atoms with van der Waals surface area (Å²) in [4.78, 5) is 8.08. The Morgan fingerprint density at radius 3 is 2.83 bits per heavy atom. The smallest absolute Gasteiger partial charge is 0.194 e. The number of thiophene rings is 1. The third-order valence-electron chi connectivity index (χ3n) is 3.85. The average molecular weight is 353 g/mol. The number of aromatic nitrogens is 3. The second-order valence-corrected chi connectivity index (χ2v) is 7.64. The zero-order chi connectivity index (χ0) is 16.4. The fraction of sp³-hybridized carbons (Fsp3) is 0.533. The minimum atomic E-state index is 0.516. The Bertz CT molecular complexity index is 703. The summed E-state index contributed by atoms with van der Waals surface area (Å²) in [7, 11) is 4.01. The van der Waals surface area contributed by atoms with Crippen molar-refractivity contribution < 1.29 is 0 Å². The highest BCUT2D eigenvalue weighted by atomic mass is 35.5. The van der Waals surface area contributed by atoms with E-state index in [1.54, 1.807) is 11.3 Å². The summed E-state index contributed by atoms with van der Waals surface area (Å²) in [5.74, 6) is 2.66. The van der Waals surface area contributed by atoms with Crippen LogP contribution in [0.15, 0.2) is 17.1 Å². The standard InChI is InChI=1S/C15H21ClN6S/c1-10-19-20-14(22(10)3)8-17-15(18-11-4-5-11)21(2)9-12-6-7-13(16)23-12/h6-7,11H,4-5,8-9H2,1-3H3,(H,17,18). The molecule has 0 unspecified atom stereocenters. The lowest BCUT2D eigenvalue weighted by Gasteiger charge is -2.21. The molecule has 124 valence electrons. The number of rotatable bonds is 5. The Kier molecular flexibility index (Phi) is 4.87. The van der Waals surface area contributed by atoms with Gasteiger partial charge in [-0.15, -0.1) is 21.5 Å². The first-order valence-electron chi connectivity index (χ1n) is 7.64. The van der Waals surface area contributed by atoms with Crippen molar-refractivity contribution >= 4 is 28.9 Å². The van der Waals surface area contributed by atoms with Crippen LogP contribution in [0.1, 0.15) is 29.4 Å². The van der Waals surface area contributed by atoms with Crippen LogP contribution < -0.4 is 5.32 Å². The molecule has 6 nitrogen and oxygen atoms in total. The van der Waals surface area contributed by atoms with Crippen LogP contribution in [0.2, 0.25) is 4.34 Å². The van der Waals surface area contributed by atoms with Crippen molar-refractivity contribution in [3.8, 4) is 0 Å². The van der Waals surface area contributed by atoms with E-state index in [1.807, 2.05) is 31.7 Å². The molecule has 1 aliphatic carbocycles. The van der Waals surface area contributed by atoms with Crippen LogP contribution in [-0.2, 0) is 20.1 Å². The molecule has 0 amide bonds. The molecular formula is C15H21ClN6S. The van der Waals surface area contributed by atoms with Gasteiger partial charge in [0.05, 0.1) is 10.9 Å². The lowest BCUT2D eigenvalue weighted by molar-refractivity contribution is 0.478. The van der Waals surface area contributed by atoms with Crippen LogP contribution in [0.4, 0.5) is 0 Å². The third-order valence-corrected chi connectivity index (χ3v) is 5.06. The zero-order valence-corrected chi connectivity index (χ0v) is 15.2. The first kappa shape index (κ1) is 16.3. The molecule has 0 aliphatic heterocycles. The number of hydrogen-bond donors (Lipinski definition) is 1. The fourth-order valence-corrected chi connectivity index (χ4v) is 3.31. The minimum Gasteiger partial charge on any atom is -0.353 e. The molecule has 2 heterocycles. The molecule has 0 bridgehead atoms. The van der Waals surface area contributed by atoms with Crippen molar-refractivity contribution in [3.05, 3.63) is 33.0 Å². The van der Waals surface area contributed by atoms with Crippen LogP contribution in [0.3, 0.4) is 0 Å². The molecule has 8 heteroatoms. The molecule has 0 spiro atoms.